The number of aromatic nitrogens is 3. The maximum atomic E-state index is 12.8. The summed E-state index contributed by atoms with van der Waals surface area (Å²) in [6.45, 7) is 5.49. The topological polar surface area (TPSA) is 73.9 Å². The van der Waals surface area contributed by atoms with Crippen molar-refractivity contribution in [2.24, 2.45) is 5.92 Å². The Hall–Kier alpha value is -2.89. The van der Waals surface area contributed by atoms with Gasteiger partial charge < -0.3 is 15.2 Å². The summed E-state index contributed by atoms with van der Waals surface area (Å²) in [5.74, 6) is 0.727. The number of fused-ring (bicyclic) bond motifs is 1. The number of piperidine rings is 1. The Morgan fingerprint density at radius 2 is 2.00 bits per heavy atom. The Morgan fingerprint density at radius 1 is 1.19 bits per heavy atom. The third kappa shape index (κ3) is 3.40. The molecule has 6 heteroatoms. The summed E-state index contributed by atoms with van der Waals surface area (Å²) in [5, 5.41) is 4.20. The molecule has 1 aliphatic heterocycles. The summed E-state index contributed by atoms with van der Waals surface area (Å²) in [6.07, 6.45) is 3.75. The minimum absolute atomic E-state index is 0.0602. The normalized spacial score (nSPS) is 17.5. The molecule has 1 fully saturated rings. The molecule has 2 N–H and O–H groups in total. The maximum absolute atomic E-state index is 12.8. The van der Waals surface area contributed by atoms with Crippen LogP contribution in [0.1, 0.15) is 24.2 Å². The van der Waals surface area contributed by atoms with Crippen LogP contribution in [-0.4, -0.2) is 33.9 Å². The fourth-order valence-electron chi connectivity index (χ4n) is 3.59. The molecule has 1 saturated heterocycles. The fraction of sp³-hybridized carbons (Fsp3) is 0.350. The number of aromatic amines is 1. The van der Waals surface area contributed by atoms with E-state index in [4.69, 9.17) is 0 Å². The van der Waals surface area contributed by atoms with E-state index < -0.39 is 0 Å². The van der Waals surface area contributed by atoms with E-state index in [1.165, 1.54) is 0 Å². The number of nitrogens with zero attached hydrogens (tertiary/aromatic N) is 3. The van der Waals surface area contributed by atoms with Gasteiger partial charge in [0, 0.05) is 41.9 Å². The van der Waals surface area contributed by atoms with Gasteiger partial charge in [0.1, 0.15) is 0 Å². The molecule has 0 aliphatic carbocycles. The van der Waals surface area contributed by atoms with Crippen LogP contribution in [0.3, 0.4) is 0 Å². The zero-order valence-corrected chi connectivity index (χ0v) is 15.1. The molecule has 0 spiro atoms. The van der Waals surface area contributed by atoms with Crippen LogP contribution in [0, 0.1) is 19.8 Å². The highest BCUT2D eigenvalue weighted by Crippen LogP contribution is 2.23. The van der Waals surface area contributed by atoms with Gasteiger partial charge in [-0.1, -0.05) is 6.07 Å². The van der Waals surface area contributed by atoms with Crippen molar-refractivity contribution in [1.82, 2.24) is 15.0 Å². The largest absolute Gasteiger partial charge is 0.361 e. The molecular formula is C20H23N5O. The molecule has 0 radical (unpaired) electrons. The SMILES string of the molecule is Cc1cc(C)nc(N2CCC[C@H](C(=O)Nc3ccc4cc[nH]c4c3)C2)n1. The van der Waals surface area contributed by atoms with Crippen LogP contribution in [0.25, 0.3) is 10.9 Å². The van der Waals surface area contributed by atoms with E-state index in [0.717, 1.165) is 53.3 Å². The summed E-state index contributed by atoms with van der Waals surface area (Å²) in [4.78, 5) is 27.2. The van der Waals surface area contributed by atoms with E-state index in [1.807, 2.05) is 50.4 Å². The number of aryl methyl sites for hydroxylation is 2. The van der Waals surface area contributed by atoms with Gasteiger partial charge in [0.2, 0.25) is 11.9 Å². The minimum Gasteiger partial charge on any atom is -0.361 e. The second-order valence-corrected chi connectivity index (χ2v) is 7.00. The zero-order valence-electron chi connectivity index (χ0n) is 15.1. The molecule has 134 valence electrons. The Kier molecular flexibility index (Phi) is 4.32. The van der Waals surface area contributed by atoms with Crippen LogP contribution in [0.5, 0.6) is 0 Å². The van der Waals surface area contributed by atoms with Crippen molar-refractivity contribution in [3.63, 3.8) is 0 Å². The number of carbonyl (C=O) groups is 1. The van der Waals surface area contributed by atoms with E-state index in [9.17, 15) is 4.79 Å². The van der Waals surface area contributed by atoms with Crippen LogP contribution in [-0.2, 0) is 4.79 Å². The van der Waals surface area contributed by atoms with Crippen molar-refractivity contribution in [3.05, 3.63) is 47.9 Å². The number of amides is 1. The number of hydrogen-bond acceptors (Lipinski definition) is 4. The average Bonchev–Trinajstić information content (AvgIpc) is 3.09. The van der Waals surface area contributed by atoms with Gasteiger partial charge in [-0.25, -0.2) is 9.97 Å². The van der Waals surface area contributed by atoms with E-state index in [2.05, 4.69) is 25.2 Å². The van der Waals surface area contributed by atoms with Gasteiger partial charge in [-0.3, -0.25) is 4.79 Å². The van der Waals surface area contributed by atoms with Crippen molar-refractivity contribution in [1.29, 1.82) is 0 Å². The summed E-state index contributed by atoms with van der Waals surface area (Å²) < 4.78 is 0. The lowest BCUT2D eigenvalue weighted by Gasteiger charge is -2.32. The van der Waals surface area contributed by atoms with Crippen LogP contribution in [0.2, 0.25) is 0 Å². The molecule has 0 saturated carbocycles. The number of benzene rings is 1. The molecule has 1 aliphatic rings. The van der Waals surface area contributed by atoms with Crippen LogP contribution in [0.15, 0.2) is 36.5 Å². The Morgan fingerprint density at radius 3 is 2.81 bits per heavy atom. The summed E-state index contributed by atoms with van der Waals surface area (Å²) in [7, 11) is 0. The molecule has 4 rings (SSSR count). The van der Waals surface area contributed by atoms with E-state index in [-0.39, 0.29) is 11.8 Å². The van der Waals surface area contributed by atoms with Gasteiger partial charge in [-0.2, -0.15) is 0 Å². The summed E-state index contributed by atoms with van der Waals surface area (Å²) >= 11 is 0. The molecule has 3 heterocycles. The highest BCUT2D eigenvalue weighted by Gasteiger charge is 2.27. The molecule has 26 heavy (non-hydrogen) atoms. The lowest BCUT2D eigenvalue weighted by atomic mass is 9.97. The van der Waals surface area contributed by atoms with Crippen molar-refractivity contribution in [2.75, 3.05) is 23.3 Å². The predicted octanol–water partition coefficient (Wildman–Crippen LogP) is 3.43. The predicted molar refractivity (Wildman–Crippen MR) is 103 cm³/mol. The first-order chi connectivity index (χ1) is 12.6. The molecule has 6 nitrogen and oxygen atoms in total. The maximum Gasteiger partial charge on any atom is 0.229 e. The first kappa shape index (κ1) is 16.6. The molecule has 1 aromatic carbocycles. The number of H-pyrrole nitrogens is 1. The van der Waals surface area contributed by atoms with E-state index >= 15 is 0 Å². The second-order valence-electron chi connectivity index (χ2n) is 7.00. The van der Waals surface area contributed by atoms with E-state index in [0.29, 0.717) is 6.54 Å². The third-order valence-electron chi connectivity index (χ3n) is 4.87. The first-order valence-corrected chi connectivity index (χ1v) is 9.04. The molecular weight excluding hydrogens is 326 g/mol. The highest BCUT2D eigenvalue weighted by molar-refractivity contribution is 5.95. The Labute approximate surface area is 152 Å². The lowest BCUT2D eigenvalue weighted by Crippen LogP contribution is -2.41. The lowest BCUT2D eigenvalue weighted by molar-refractivity contribution is -0.120. The minimum atomic E-state index is -0.0625. The van der Waals surface area contributed by atoms with Crippen molar-refractivity contribution in [3.8, 4) is 0 Å². The number of nitrogens with one attached hydrogen (secondary N) is 2. The highest BCUT2D eigenvalue weighted by atomic mass is 16.1. The molecule has 0 bridgehead atoms. The van der Waals surface area contributed by atoms with Crippen molar-refractivity contribution < 1.29 is 4.79 Å². The van der Waals surface area contributed by atoms with Gasteiger partial charge in [-0.05, 0) is 56.3 Å². The molecule has 1 amide bonds. The van der Waals surface area contributed by atoms with Gasteiger partial charge >= 0.3 is 0 Å². The van der Waals surface area contributed by atoms with Crippen LogP contribution in [0.4, 0.5) is 11.6 Å². The summed E-state index contributed by atoms with van der Waals surface area (Å²) in [6, 6.07) is 9.92. The van der Waals surface area contributed by atoms with Crippen molar-refractivity contribution >= 4 is 28.4 Å². The van der Waals surface area contributed by atoms with Gasteiger partial charge in [0.05, 0.1) is 5.92 Å². The number of anilines is 2. The zero-order chi connectivity index (χ0) is 18.1. The molecule has 2 aromatic heterocycles. The van der Waals surface area contributed by atoms with Crippen LogP contribution < -0.4 is 10.2 Å². The average molecular weight is 349 g/mol. The van der Waals surface area contributed by atoms with Crippen molar-refractivity contribution in [2.45, 2.75) is 26.7 Å². The standard InChI is InChI=1S/C20H23N5O/c1-13-10-14(2)23-20(22-13)25-9-3-4-16(12-25)19(26)24-17-6-5-15-7-8-21-18(15)11-17/h5-8,10-11,16,21H,3-4,9,12H2,1-2H3,(H,24,26)/t16-/m0/s1. The quantitative estimate of drug-likeness (QED) is 0.760. The molecule has 3 aromatic rings. The van der Waals surface area contributed by atoms with Crippen LogP contribution >= 0.6 is 0 Å². The van der Waals surface area contributed by atoms with Gasteiger partial charge in [-0.15, -0.1) is 0 Å². The van der Waals surface area contributed by atoms with Gasteiger partial charge in [0.25, 0.3) is 0 Å². The third-order valence-corrected chi connectivity index (χ3v) is 4.87. The number of hydrogen-bond donors (Lipinski definition) is 2. The summed E-state index contributed by atoms with van der Waals surface area (Å²) in [5.41, 5.74) is 3.76. The number of carbonyl (C=O) groups excluding carboxylic acids is 1. The smallest absolute Gasteiger partial charge is 0.229 e. The fourth-order valence-corrected chi connectivity index (χ4v) is 3.59. The molecule has 0 unspecified atom stereocenters. The number of rotatable bonds is 3. The van der Waals surface area contributed by atoms with E-state index in [1.54, 1.807) is 0 Å². The van der Waals surface area contributed by atoms with Gasteiger partial charge in [0.15, 0.2) is 0 Å². The monoisotopic (exact) mass is 349 g/mol. The first-order valence-electron chi connectivity index (χ1n) is 9.04. The second kappa shape index (κ2) is 6.78. The molecule has 1 atom stereocenters. The Bertz CT molecular complexity index is 928. The Balaban J connectivity index is 1.47.